The van der Waals surface area contributed by atoms with Gasteiger partial charge in [0.2, 0.25) is 0 Å². The third-order valence-corrected chi connectivity index (χ3v) is 1.55. The standard InChI is InChI=1S/C10H13NO/c1-2-3-4-5-6-11-7-9-12-10-8-11/h2,7-10H2,1H3. The number of nitrogens with zero attached hydrogens (tertiary/aromatic N) is 1. The molecule has 0 atom stereocenters. The van der Waals surface area contributed by atoms with Crippen LogP contribution >= 0.6 is 0 Å². The second kappa shape index (κ2) is 5.52. The van der Waals surface area contributed by atoms with E-state index in [4.69, 9.17) is 4.74 Å². The van der Waals surface area contributed by atoms with Gasteiger partial charge in [-0.1, -0.05) is 12.8 Å². The minimum atomic E-state index is 0.788. The first-order chi connectivity index (χ1) is 5.93. The van der Waals surface area contributed by atoms with Crippen LogP contribution in [-0.2, 0) is 4.74 Å². The zero-order valence-electron chi connectivity index (χ0n) is 7.39. The Balaban J connectivity index is 2.31. The average Bonchev–Trinajstić information content (AvgIpc) is 2.14. The van der Waals surface area contributed by atoms with Crippen molar-refractivity contribution in [3.63, 3.8) is 0 Å². The summed E-state index contributed by atoms with van der Waals surface area (Å²) in [6.07, 6.45) is 0.873. The molecule has 1 aliphatic rings. The highest BCUT2D eigenvalue weighted by Crippen LogP contribution is 1.92. The van der Waals surface area contributed by atoms with Gasteiger partial charge in [-0.3, -0.25) is 0 Å². The summed E-state index contributed by atoms with van der Waals surface area (Å²) in [5.41, 5.74) is 0. The lowest BCUT2D eigenvalue weighted by molar-refractivity contribution is 0.0638. The van der Waals surface area contributed by atoms with E-state index in [1.807, 2.05) is 11.8 Å². The molecule has 2 nitrogen and oxygen atoms in total. The molecule has 1 rings (SSSR count). The highest BCUT2D eigenvalue weighted by Gasteiger charge is 2.04. The fraction of sp³-hybridized carbons (Fsp3) is 0.600. The van der Waals surface area contributed by atoms with Gasteiger partial charge < -0.3 is 9.64 Å². The van der Waals surface area contributed by atoms with Crippen LogP contribution in [0.5, 0.6) is 0 Å². The van der Waals surface area contributed by atoms with Crippen LogP contribution in [0.25, 0.3) is 0 Å². The van der Waals surface area contributed by atoms with Crippen molar-refractivity contribution < 1.29 is 4.74 Å². The number of hydrogen-bond acceptors (Lipinski definition) is 2. The van der Waals surface area contributed by atoms with E-state index in [0.717, 1.165) is 32.7 Å². The lowest BCUT2D eigenvalue weighted by Gasteiger charge is -2.22. The zero-order chi connectivity index (χ0) is 8.65. The Morgan fingerprint density at radius 2 is 2.00 bits per heavy atom. The van der Waals surface area contributed by atoms with Crippen LogP contribution in [0, 0.1) is 23.8 Å². The smallest absolute Gasteiger partial charge is 0.0649 e. The lowest BCUT2D eigenvalue weighted by atomic mass is 10.4. The summed E-state index contributed by atoms with van der Waals surface area (Å²) in [4.78, 5) is 2.05. The van der Waals surface area contributed by atoms with Gasteiger partial charge in [0.05, 0.1) is 13.2 Å². The summed E-state index contributed by atoms with van der Waals surface area (Å²) < 4.78 is 5.18. The zero-order valence-corrected chi connectivity index (χ0v) is 7.39. The lowest BCUT2D eigenvalue weighted by Crippen LogP contribution is -2.32. The molecule has 0 saturated carbocycles. The Labute approximate surface area is 73.9 Å². The molecule has 1 heterocycles. The summed E-state index contributed by atoms with van der Waals surface area (Å²) in [5, 5.41) is 0. The molecule has 64 valence electrons. The summed E-state index contributed by atoms with van der Waals surface area (Å²) in [6, 6.07) is 2.99. The van der Waals surface area contributed by atoms with Gasteiger partial charge in [-0.05, 0) is 5.92 Å². The van der Waals surface area contributed by atoms with Gasteiger partial charge in [0.1, 0.15) is 0 Å². The van der Waals surface area contributed by atoms with Gasteiger partial charge in [0.25, 0.3) is 0 Å². The van der Waals surface area contributed by atoms with E-state index in [0.29, 0.717) is 0 Å². The average molecular weight is 163 g/mol. The van der Waals surface area contributed by atoms with Gasteiger partial charge in [0.15, 0.2) is 0 Å². The van der Waals surface area contributed by atoms with E-state index in [2.05, 4.69) is 23.8 Å². The van der Waals surface area contributed by atoms with E-state index in [9.17, 15) is 0 Å². The van der Waals surface area contributed by atoms with Crippen LogP contribution in [0.15, 0.2) is 0 Å². The molecular formula is C10H13NO. The molecule has 0 radical (unpaired) electrons. The third-order valence-electron chi connectivity index (χ3n) is 1.55. The Morgan fingerprint density at radius 1 is 1.25 bits per heavy atom. The highest BCUT2D eigenvalue weighted by molar-refractivity contribution is 5.25. The summed E-state index contributed by atoms with van der Waals surface area (Å²) in [6.45, 7) is 5.40. The summed E-state index contributed by atoms with van der Waals surface area (Å²) >= 11 is 0. The molecule has 0 spiro atoms. The Kier molecular flexibility index (Phi) is 4.13. The van der Waals surface area contributed by atoms with Crippen LogP contribution < -0.4 is 0 Å². The predicted molar refractivity (Wildman–Crippen MR) is 48.2 cm³/mol. The molecule has 1 fully saturated rings. The molecular weight excluding hydrogens is 150 g/mol. The molecule has 0 aliphatic carbocycles. The van der Waals surface area contributed by atoms with Crippen LogP contribution in [-0.4, -0.2) is 31.2 Å². The minimum absolute atomic E-state index is 0.788. The predicted octanol–water partition coefficient (Wildman–Crippen LogP) is 0.693. The van der Waals surface area contributed by atoms with E-state index in [1.54, 1.807) is 0 Å². The van der Waals surface area contributed by atoms with Gasteiger partial charge in [-0.15, -0.1) is 0 Å². The molecule has 2 heteroatoms. The first-order valence-corrected chi connectivity index (χ1v) is 4.24. The molecule has 0 N–H and O–H groups in total. The van der Waals surface area contributed by atoms with Crippen molar-refractivity contribution in [2.75, 3.05) is 26.3 Å². The number of rotatable bonds is 0. The normalized spacial score (nSPS) is 15.6. The number of hydrogen-bond donors (Lipinski definition) is 0. The van der Waals surface area contributed by atoms with Crippen molar-refractivity contribution in [1.82, 2.24) is 4.90 Å². The van der Waals surface area contributed by atoms with Gasteiger partial charge in [-0.25, -0.2) is 0 Å². The van der Waals surface area contributed by atoms with E-state index >= 15 is 0 Å². The van der Waals surface area contributed by atoms with E-state index < -0.39 is 0 Å². The molecule has 0 aromatic carbocycles. The second-order valence-electron chi connectivity index (χ2n) is 2.49. The summed E-state index contributed by atoms with van der Waals surface area (Å²) in [5.74, 6) is 8.51. The fourth-order valence-electron chi connectivity index (χ4n) is 0.915. The van der Waals surface area contributed by atoms with Gasteiger partial charge in [-0.2, -0.15) is 0 Å². The molecule has 0 amide bonds. The largest absolute Gasteiger partial charge is 0.378 e. The third kappa shape index (κ3) is 3.32. The molecule has 0 bridgehead atoms. The Morgan fingerprint density at radius 3 is 2.67 bits per heavy atom. The second-order valence-corrected chi connectivity index (χ2v) is 2.49. The van der Waals surface area contributed by atoms with E-state index in [-0.39, 0.29) is 0 Å². The van der Waals surface area contributed by atoms with E-state index in [1.165, 1.54) is 0 Å². The minimum Gasteiger partial charge on any atom is -0.378 e. The van der Waals surface area contributed by atoms with Crippen molar-refractivity contribution in [2.45, 2.75) is 13.3 Å². The van der Waals surface area contributed by atoms with Crippen molar-refractivity contribution in [3.8, 4) is 23.8 Å². The molecule has 12 heavy (non-hydrogen) atoms. The fourth-order valence-corrected chi connectivity index (χ4v) is 0.915. The first kappa shape index (κ1) is 8.97. The van der Waals surface area contributed by atoms with Gasteiger partial charge >= 0.3 is 0 Å². The molecule has 1 saturated heterocycles. The van der Waals surface area contributed by atoms with Crippen molar-refractivity contribution in [2.24, 2.45) is 0 Å². The maximum atomic E-state index is 5.18. The van der Waals surface area contributed by atoms with Crippen LogP contribution in [0.3, 0.4) is 0 Å². The summed E-state index contributed by atoms with van der Waals surface area (Å²) in [7, 11) is 0. The maximum Gasteiger partial charge on any atom is 0.0649 e. The SMILES string of the molecule is CCC#CC#CN1CCOCC1. The van der Waals surface area contributed by atoms with Crippen molar-refractivity contribution in [1.29, 1.82) is 0 Å². The first-order valence-electron chi connectivity index (χ1n) is 4.24. The highest BCUT2D eigenvalue weighted by atomic mass is 16.5. The maximum absolute atomic E-state index is 5.18. The molecule has 0 aromatic rings. The number of ether oxygens (including phenoxy) is 1. The monoisotopic (exact) mass is 163 g/mol. The number of morpholine rings is 1. The van der Waals surface area contributed by atoms with Gasteiger partial charge in [0, 0.05) is 31.5 Å². The topological polar surface area (TPSA) is 12.5 Å². The molecule has 0 aromatic heterocycles. The molecule has 0 unspecified atom stereocenters. The Bertz CT molecular complexity index is 232. The van der Waals surface area contributed by atoms with Crippen molar-refractivity contribution in [3.05, 3.63) is 0 Å². The Hall–Kier alpha value is -1.12. The van der Waals surface area contributed by atoms with Crippen LogP contribution in [0.4, 0.5) is 0 Å². The molecule has 1 aliphatic heterocycles. The van der Waals surface area contributed by atoms with Crippen molar-refractivity contribution >= 4 is 0 Å². The van der Waals surface area contributed by atoms with Crippen LogP contribution in [0.2, 0.25) is 0 Å². The quantitative estimate of drug-likeness (QED) is 0.487. The van der Waals surface area contributed by atoms with Crippen LogP contribution in [0.1, 0.15) is 13.3 Å².